The lowest BCUT2D eigenvalue weighted by molar-refractivity contribution is 0.104. The molecule has 0 saturated heterocycles. The topological polar surface area (TPSA) is 136 Å². The van der Waals surface area contributed by atoms with Crippen LogP contribution in [-0.2, 0) is 20.9 Å². The Bertz CT molecular complexity index is 1460. The van der Waals surface area contributed by atoms with Crippen molar-refractivity contribution in [2.45, 2.75) is 45.2 Å². The second kappa shape index (κ2) is 11.0. The van der Waals surface area contributed by atoms with Crippen LogP contribution in [-0.4, -0.2) is 43.4 Å². The lowest BCUT2D eigenvalue weighted by Gasteiger charge is -2.27. The Morgan fingerprint density at radius 3 is 2.89 bits per heavy atom. The van der Waals surface area contributed by atoms with Crippen molar-refractivity contribution in [2.24, 2.45) is 17.0 Å². The van der Waals surface area contributed by atoms with E-state index in [-0.39, 0.29) is 36.3 Å². The summed E-state index contributed by atoms with van der Waals surface area (Å²) in [7, 11) is -3.98. The zero-order valence-electron chi connectivity index (χ0n) is 21.1. The van der Waals surface area contributed by atoms with Gasteiger partial charge in [-0.25, -0.2) is 15.1 Å². The van der Waals surface area contributed by atoms with E-state index in [4.69, 9.17) is 20.9 Å². The van der Waals surface area contributed by atoms with Gasteiger partial charge in [0.15, 0.2) is 0 Å². The molecule has 9 nitrogen and oxygen atoms in total. The molecular formula is C26H30ClN5O4S2. The van der Waals surface area contributed by atoms with Crippen molar-refractivity contribution in [3.63, 3.8) is 0 Å². The number of rotatable bonds is 8. The van der Waals surface area contributed by atoms with Crippen LogP contribution in [0.4, 0.5) is 5.82 Å². The number of carbonyl (C=O) groups is 1. The maximum Gasteiger partial charge on any atom is 0.333 e. The molecule has 0 amide bonds. The largest absolute Gasteiger partial charge is 0.367 e. The summed E-state index contributed by atoms with van der Waals surface area (Å²) in [6.07, 6.45) is 5.35. The van der Waals surface area contributed by atoms with Gasteiger partial charge in [-0.3, -0.25) is 8.98 Å². The average molecular weight is 576 g/mol. The number of anilines is 1. The smallest absolute Gasteiger partial charge is 0.333 e. The van der Waals surface area contributed by atoms with Crippen molar-refractivity contribution in [1.82, 2.24) is 15.3 Å². The zero-order chi connectivity index (χ0) is 27.0. The number of thiophene rings is 1. The van der Waals surface area contributed by atoms with Crippen molar-refractivity contribution in [2.75, 3.05) is 18.5 Å². The van der Waals surface area contributed by atoms with Gasteiger partial charge in [0.25, 0.3) is 0 Å². The Balaban J connectivity index is 1.35. The zero-order valence-corrected chi connectivity index (χ0v) is 23.5. The fraction of sp³-hybridized carbons (Fsp3) is 0.423. The van der Waals surface area contributed by atoms with Gasteiger partial charge in [-0.1, -0.05) is 24.6 Å². The fourth-order valence-electron chi connectivity index (χ4n) is 5.50. The Morgan fingerprint density at radius 2 is 2.11 bits per heavy atom. The highest BCUT2D eigenvalue weighted by molar-refractivity contribution is 7.84. The van der Waals surface area contributed by atoms with Gasteiger partial charge in [0.05, 0.1) is 23.1 Å². The summed E-state index contributed by atoms with van der Waals surface area (Å²) in [5.74, 6) is 0.566. The molecule has 1 aliphatic heterocycles. The molecule has 0 radical (unpaired) electrons. The molecule has 1 aromatic carbocycles. The van der Waals surface area contributed by atoms with Crippen LogP contribution in [0.2, 0.25) is 5.02 Å². The van der Waals surface area contributed by atoms with Crippen LogP contribution in [0.1, 0.15) is 62.6 Å². The fourth-order valence-corrected chi connectivity index (χ4v) is 7.06. The minimum Gasteiger partial charge on any atom is -0.367 e. The highest BCUT2D eigenvalue weighted by Crippen LogP contribution is 2.37. The molecule has 1 saturated carbocycles. The third-order valence-electron chi connectivity index (χ3n) is 7.45. The monoisotopic (exact) mass is 575 g/mol. The maximum absolute atomic E-state index is 13.7. The highest BCUT2D eigenvalue weighted by atomic mass is 35.5. The number of benzene rings is 1. The normalized spacial score (nSPS) is 23.3. The van der Waals surface area contributed by atoms with Gasteiger partial charge in [-0.05, 0) is 72.9 Å². The number of nitrogens with zero attached hydrogens (tertiary/aromatic N) is 2. The standard InChI is InChI=1S/C26H30ClN5O4S2/c1-14-7-19(8-17(14)12-36-38(28,34)35)32-26-22(11-29-13-31-26)25(33)23-10-20(15(2)37-23)24-21-9-18(27)4-3-16(21)5-6-30-24/h3-4,9-11,13-14,17,19,24,30H,5-8,12H2,1-2H3,(H2,28,34,35)(H,29,31,32)/t14-,17+,19-,24-/m0/s1. The maximum atomic E-state index is 13.7. The van der Waals surface area contributed by atoms with E-state index in [0.717, 1.165) is 35.4 Å². The molecule has 0 unspecified atom stereocenters. The number of aryl methyl sites for hydroxylation is 1. The van der Waals surface area contributed by atoms with Crippen LogP contribution in [0.15, 0.2) is 36.8 Å². The molecule has 5 rings (SSSR count). The van der Waals surface area contributed by atoms with Gasteiger partial charge in [0, 0.05) is 28.7 Å². The molecule has 202 valence electrons. The van der Waals surface area contributed by atoms with Crippen molar-refractivity contribution in [3.05, 3.63) is 73.8 Å². The number of hydrogen-bond donors (Lipinski definition) is 3. The Labute approximate surface area is 231 Å². The summed E-state index contributed by atoms with van der Waals surface area (Å²) in [5.41, 5.74) is 3.87. The summed E-state index contributed by atoms with van der Waals surface area (Å²) in [4.78, 5) is 23.8. The molecule has 3 aromatic rings. The van der Waals surface area contributed by atoms with Crippen LogP contribution in [0.5, 0.6) is 0 Å². The summed E-state index contributed by atoms with van der Waals surface area (Å²) in [6.45, 7) is 4.96. The van der Waals surface area contributed by atoms with Crippen molar-refractivity contribution in [1.29, 1.82) is 0 Å². The number of hydrogen-bond acceptors (Lipinski definition) is 9. The predicted octanol–water partition coefficient (Wildman–Crippen LogP) is 4.01. The summed E-state index contributed by atoms with van der Waals surface area (Å²) < 4.78 is 27.2. The van der Waals surface area contributed by atoms with E-state index in [9.17, 15) is 13.2 Å². The van der Waals surface area contributed by atoms with Gasteiger partial charge in [0.2, 0.25) is 5.78 Å². The minimum atomic E-state index is -3.98. The molecule has 2 aromatic heterocycles. The number of nitrogens with one attached hydrogen (secondary N) is 2. The highest BCUT2D eigenvalue weighted by Gasteiger charge is 2.33. The number of aromatic nitrogens is 2. The first-order chi connectivity index (χ1) is 18.1. The molecule has 0 bridgehead atoms. The number of ketones is 1. The molecule has 2 aliphatic rings. The van der Waals surface area contributed by atoms with Gasteiger partial charge < -0.3 is 10.6 Å². The van der Waals surface area contributed by atoms with E-state index in [0.29, 0.717) is 27.7 Å². The van der Waals surface area contributed by atoms with E-state index < -0.39 is 10.3 Å². The molecule has 1 aliphatic carbocycles. The van der Waals surface area contributed by atoms with Gasteiger partial charge >= 0.3 is 10.3 Å². The molecular weight excluding hydrogens is 546 g/mol. The molecule has 0 spiro atoms. The second-order valence-corrected chi connectivity index (χ2v) is 13.0. The molecule has 12 heteroatoms. The Kier molecular flexibility index (Phi) is 7.86. The van der Waals surface area contributed by atoms with Crippen LogP contribution in [0.25, 0.3) is 0 Å². The quantitative estimate of drug-likeness (QED) is 0.343. The van der Waals surface area contributed by atoms with E-state index in [2.05, 4.69) is 26.7 Å². The van der Waals surface area contributed by atoms with Gasteiger partial charge in [0.1, 0.15) is 12.1 Å². The summed E-state index contributed by atoms with van der Waals surface area (Å²) in [5, 5.41) is 12.7. The van der Waals surface area contributed by atoms with Gasteiger partial charge in [-0.15, -0.1) is 11.3 Å². The molecule has 38 heavy (non-hydrogen) atoms. The average Bonchev–Trinajstić information content (AvgIpc) is 3.43. The Morgan fingerprint density at radius 1 is 1.29 bits per heavy atom. The minimum absolute atomic E-state index is 0.00819. The van der Waals surface area contributed by atoms with E-state index >= 15 is 0 Å². The van der Waals surface area contributed by atoms with E-state index in [1.54, 1.807) is 6.20 Å². The predicted molar refractivity (Wildman–Crippen MR) is 148 cm³/mol. The van der Waals surface area contributed by atoms with Crippen LogP contribution < -0.4 is 15.8 Å². The third-order valence-corrected chi connectivity index (χ3v) is 9.21. The molecule has 4 N–H and O–H groups in total. The summed E-state index contributed by atoms with van der Waals surface area (Å²) >= 11 is 7.77. The first kappa shape index (κ1) is 27.2. The third kappa shape index (κ3) is 5.93. The summed E-state index contributed by atoms with van der Waals surface area (Å²) in [6, 6.07) is 7.94. The SMILES string of the molecule is Cc1sc(C(=O)c2cncnc2N[C@@H]2C[C@H](COS(N)(=O)=O)[C@@H](C)C2)cc1[C@@H]1NCCc2ccc(Cl)cc21. The van der Waals surface area contributed by atoms with Crippen LogP contribution >= 0.6 is 22.9 Å². The molecule has 4 atom stereocenters. The van der Waals surface area contributed by atoms with E-state index in [1.165, 1.54) is 23.2 Å². The van der Waals surface area contributed by atoms with Crippen molar-refractivity contribution in [3.8, 4) is 0 Å². The first-order valence-corrected chi connectivity index (χ1v) is 15.2. The van der Waals surface area contributed by atoms with Crippen molar-refractivity contribution < 1.29 is 17.4 Å². The molecule has 1 fully saturated rings. The number of nitrogens with two attached hydrogens (primary N) is 1. The van der Waals surface area contributed by atoms with E-state index in [1.807, 2.05) is 32.0 Å². The number of carbonyl (C=O) groups excluding carboxylic acids is 1. The van der Waals surface area contributed by atoms with Crippen LogP contribution in [0, 0.1) is 18.8 Å². The first-order valence-electron chi connectivity index (χ1n) is 12.5. The molecule has 3 heterocycles. The second-order valence-electron chi connectivity index (χ2n) is 10.0. The van der Waals surface area contributed by atoms with Gasteiger partial charge in [-0.2, -0.15) is 8.42 Å². The van der Waals surface area contributed by atoms with Crippen molar-refractivity contribution >= 4 is 44.8 Å². The Hall–Kier alpha value is -2.41. The number of fused-ring (bicyclic) bond motifs is 1. The number of halogens is 1. The lowest BCUT2D eigenvalue weighted by atomic mass is 9.90. The lowest BCUT2D eigenvalue weighted by Crippen LogP contribution is -2.30. The van der Waals surface area contributed by atoms with Crippen LogP contribution in [0.3, 0.4) is 0 Å².